The van der Waals surface area contributed by atoms with Gasteiger partial charge < -0.3 is 25.7 Å². The first kappa shape index (κ1) is 13.6. The van der Waals surface area contributed by atoms with Crippen molar-refractivity contribution in [3.63, 3.8) is 0 Å². The van der Waals surface area contributed by atoms with Gasteiger partial charge in [0.1, 0.15) is 0 Å². The van der Waals surface area contributed by atoms with E-state index in [0.29, 0.717) is 30.2 Å². The van der Waals surface area contributed by atoms with E-state index >= 15 is 0 Å². The molecule has 0 heterocycles. The summed E-state index contributed by atoms with van der Waals surface area (Å²) >= 11 is 0. The SMILES string of the molecule is COc1ccc([C@@H](N)CCN)c(OC)c1OC. The van der Waals surface area contributed by atoms with Gasteiger partial charge in [0.05, 0.1) is 21.3 Å². The van der Waals surface area contributed by atoms with Crippen LogP contribution in [0.3, 0.4) is 0 Å². The van der Waals surface area contributed by atoms with Crippen LogP contribution in [0.4, 0.5) is 0 Å². The average Bonchev–Trinajstić information content (AvgIpc) is 2.36. The van der Waals surface area contributed by atoms with E-state index in [9.17, 15) is 0 Å². The normalized spacial score (nSPS) is 12.1. The van der Waals surface area contributed by atoms with Gasteiger partial charge in [-0.2, -0.15) is 0 Å². The maximum Gasteiger partial charge on any atom is 0.203 e. The zero-order chi connectivity index (χ0) is 12.8. The van der Waals surface area contributed by atoms with Crippen molar-refractivity contribution in [3.05, 3.63) is 17.7 Å². The van der Waals surface area contributed by atoms with Crippen molar-refractivity contribution >= 4 is 0 Å². The Hall–Kier alpha value is -1.46. The zero-order valence-electron chi connectivity index (χ0n) is 10.5. The second kappa shape index (κ2) is 6.32. The first-order valence-electron chi connectivity index (χ1n) is 5.44. The molecule has 1 aromatic rings. The summed E-state index contributed by atoms with van der Waals surface area (Å²) in [4.78, 5) is 0. The first-order chi connectivity index (χ1) is 8.19. The van der Waals surface area contributed by atoms with Crippen LogP contribution in [0.25, 0.3) is 0 Å². The largest absolute Gasteiger partial charge is 0.493 e. The molecule has 0 radical (unpaired) electrons. The second-order valence-electron chi connectivity index (χ2n) is 3.61. The number of methoxy groups -OCH3 is 3. The zero-order valence-corrected chi connectivity index (χ0v) is 10.5. The van der Waals surface area contributed by atoms with Crippen molar-refractivity contribution < 1.29 is 14.2 Å². The minimum absolute atomic E-state index is 0.172. The molecule has 4 N–H and O–H groups in total. The van der Waals surface area contributed by atoms with Gasteiger partial charge in [0.2, 0.25) is 5.75 Å². The van der Waals surface area contributed by atoms with E-state index in [0.717, 1.165) is 5.56 Å². The summed E-state index contributed by atoms with van der Waals surface area (Å²) in [5, 5.41) is 0. The number of benzene rings is 1. The molecule has 5 heteroatoms. The molecule has 0 bridgehead atoms. The molecule has 0 aliphatic rings. The fourth-order valence-corrected chi connectivity index (χ4v) is 1.75. The van der Waals surface area contributed by atoms with E-state index in [-0.39, 0.29) is 6.04 Å². The molecule has 96 valence electrons. The topological polar surface area (TPSA) is 79.7 Å². The summed E-state index contributed by atoms with van der Waals surface area (Å²) < 4.78 is 15.8. The fraction of sp³-hybridized carbons (Fsp3) is 0.500. The molecule has 0 unspecified atom stereocenters. The number of rotatable bonds is 6. The summed E-state index contributed by atoms with van der Waals surface area (Å²) in [5.74, 6) is 1.78. The van der Waals surface area contributed by atoms with Gasteiger partial charge in [-0.15, -0.1) is 0 Å². The summed E-state index contributed by atoms with van der Waals surface area (Å²) in [5.41, 5.74) is 12.4. The third-order valence-corrected chi connectivity index (χ3v) is 2.61. The molecule has 0 saturated heterocycles. The lowest BCUT2D eigenvalue weighted by Gasteiger charge is -2.19. The Morgan fingerprint density at radius 2 is 1.71 bits per heavy atom. The second-order valence-corrected chi connectivity index (χ2v) is 3.61. The lowest BCUT2D eigenvalue weighted by molar-refractivity contribution is 0.320. The summed E-state index contributed by atoms with van der Waals surface area (Å²) in [6.45, 7) is 0.526. The van der Waals surface area contributed by atoms with E-state index in [4.69, 9.17) is 25.7 Å². The van der Waals surface area contributed by atoms with Gasteiger partial charge in [0.15, 0.2) is 11.5 Å². The lowest BCUT2D eigenvalue weighted by atomic mass is 10.0. The summed E-state index contributed by atoms with van der Waals surface area (Å²) in [6.07, 6.45) is 0.686. The highest BCUT2D eigenvalue weighted by molar-refractivity contribution is 5.56. The predicted molar refractivity (Wildman–Crippen MR) is 66.7 cm³/mol. The quantitative estimate of drug-likeness (QED) is 0.777. The summed E-state index contributed by atoms with van der Waals surface area (Å²) in [6, 6.07) is 3.52. The Morgan fingerprint density at radius 3 is 2.18 bits per heavy atom. The van der Waals surface area contributed by atoms with Crippen molar-refractivity contribution in [2.24, 2.45) is 11.5 Å². The van der Waals surface area contributed by atoms with E-state index in [2.05, 4.69) is 0 Å². The van der Waals surface area contributed by atoms with Crippen LogP contribution >= 0.6 is 0 Å². The monoisotopic (exact) mass is 240 g/mol. The maximum absolute atomic E-state index is 6.04. The molecular formula is C12H20N2O3. The molecular weight excluding hydrogens is 220 g/mol. The molecule has 1 atom stereocenters. The molecule has 5 nitrogen and oxygen atoms in total. The van der Waals surface area contributed by atoms with Crippen LogP contribution < -0.4 is 25.7 Å². The number of ether oxygens (including phenoxy) is 3. The number of nitrogens with two attached hydrogens (primary N) is 2. The standard InChI is InChI=1S/C12H20N2O3/c1-15-10-5-4-8(9(14)6-7-13)11(16-2)12(10)17-3/h4-5,9H,6-7,13-14H2,1-3H3/t9-/m0/s1. The third kappa shape index (κ3) is 2.81. The Morgan fingerprint density at radius 1 is 1.06 bits per heavy atom. The Kier molecular flexibility index (Phi) is 5.06. The molecule has 1 rings (SSSR count). The minimum Gasteiger partial charge on any atom is -0.493 e. The van der Waals surface area contributed by atoms with Gasteiger partial charge in [-0.1, -0.05) is 0 Å². The molecule has 1 aromatic carbocycles. The van der Waals surface area contributed by atoms with Crippen LogP contribution in [0.15, 0.2) is 12.1 Å². The molecule has 0 aliphatic heterocycles. The van der Waals surface area contributed by atoms with Gasteiger partial charge in [-0.05, 0) is 25.1 Å². The Balaban J connectivity index is 3.22. The Labute approximate surface area is 102 Å². The van der Waals surface area contributed by atoms with Crippen LogP contribution in [-0.2, 0) is 0 Å². The van der Waals surface area contributed by atoms with E-state index < -0.39 is 0 Å². The van der Waals surface area contributed by atoms with Crippen molar-refractivity contribution in [1.82, 2.24) is 0 Å². The third-order valence-electron chi connectivity index (χ3n) is 2.61. The van der Waals surface area contributed by atoms with Crippen molar-refractivity contribution in [2.75, 3.05) is 27.9 Å². The van der Waals surface area contributed by atoms with Crippen LogP contribution in [-0.4, -0.2) is 27.9 Å². The van der Waals surface area contributed by atoms with Gasteiger partial charge in [0, 0.05) is 11.6 Å². The highest BCUT2D eigenvalue weighted by Crippen LogP contribution is 2.41. The smallest absolute Gasteiger partial charge is 0.203 e. The van der Waals surface area contributed by atoms with Gasteiger partial charge in [0.25, 0.3) is 0 Å². The summed E-state index contributed by atoms with van der Waals surface area (Å²) in [7, 11) is 4.73. The van der Waals surface area contributed by atoms with Crippen molar-refractivity contribution in [2.45, 2.75) is 12.5 Å². The fourth-order valence-electron chi connectivity index (χ4n) is 1.75. The highest BCUT2D eigenvalue weighted by atomic mass is 16.5. The lowest BCUT2D eigenvalue weighted by Crippen LogP contribution is -2.16. The highest BCUT2D eigenvalue weighted by Gasteiger charge is 2.19. The van der Waals surface area contributed by atoms with Gasteiger partial charge in [-0.3, -0.25) is 0 Å². The Bertz CT molecular complexity index is 369. The van der Waals surface area contributed by atoms with Crippen molar-refractivity contribution in [3.8, 4) is 17.2 Å². The van der Waals surface area contributed by atoms with E-state index in [1.54, 1.807) is 21.3 Å². The van der Waals surface area contributed by atoms with Crippen LogP contribution in [0.5, 0.6) is 17.2 Å². The average molecular weight is 240 g/mol. The molecule has 0 amide bonds. The van der Waals surface area contributed by atoms with Crippen LogP contribution in [0.2, 0.25) is 0 Å². The first-order valence-corrected chi connectivity index (χ1v) is 5.44. The number of hydrogen-bond acceptors (Lipinski definition) is 5. The molecule has 17 heavy (non-hydrogen) atoms. The van der Waals surface area contributed by atoms with Crippen LogP contribution in [0.1, 0.15) is 18.0 Å². The molecule has 0 aliphatic carbocycles. The van der Waals surface area contributed by atoms with E-state index in [1.807, 2.05) is 12.1 Å². The molecule has 0 aromatic heterocycles. The van der Waals surface area contributed by atoms with Crippen LogP contribution in [0, 0.1) is 0 Å². The van der Waals surface area contributed by atoms with E-state index in [1.165, 1.54) is 0 Å². The predicted octanol–water partition coefficient (Wildman–Crippen LogP) is 1.06. The number of hydrogen-bond donors (Lipinski definition) is 2. The molecule has 0 saturated carbocycles. The van der Waals surface area contributed by atoms with Crippen molar-refractivity contribution in [1.29, 1.82) is 0 Å². The molecule has 0 spiro atoms. The van der Waals surface area contributed by atoms with Gasteiger partial charge >= 0.3 is 0 Å². The maximum atomic E-state index is 6.04. The molecule has 0 fully saturated rings. The minimum atomic E-state index is -0.172. The van der Waals surface area contributed by atoms with Gasteiger partial charge in [-0.25, -0.2) is 0 Å².